The topological polar surface area (TPSA) is 59.4 Å². The number of hydrogen-bond donors (Lipinski definition) is 0. The molecule has 1 fully saturated rings. The molecule has 34 heavy (non-hydrogen) atoms. The van der Waals surface area contributed by atoms with E-state index in [0.29, 0.717) is 27.1 Å². The van der Waals surface area contributed by atoms with Crippen LogP contribution in [0.25, 0.3) is 10.9 Å². The van der Waals surface area contributed by atoms with E-state index in [4.69, 9.17) is 23.2 Å². The molecule has 1 aliphatic heterocycles. The molecule has 4 rings (SSSR count). The minimum atomic E-state index is -1.33. The molecular weight excluding hydrogens is 485 g/mol. The summed E-state index contributed by atoms with van der Waals surface area (Å²) in [6.07, 6.45) is 0.199. The van der Waals surface area contributed by atoms with Gasteiger partial charge in [0, 0.05) is 35.0 Å². The van der Waals surface area contributed by atoms with E-state index < -0.39 is 23.9 Å². The summed E-state index contributed by atoms with van der Waals surface area (Å²) in [5.41, 5.74) is 1.34. The number of Topliss-reactive ketones (excluding diaryl/α,β-unsaturated/α-hetero) is 2. The smallest absolute Gasteiger partial charge is 0.243 e. The second-order valence-electron chi connectivity index (χ2n) is 8.46. The lowest BCUT2D eigenvalue weighted by molar-refractivity contribution is -0.138. The first kappa shape index (κ1) is 24.4. The van der Waals surface area contributed by atoms with Gasteiger partial charge in [-0.15, -0.1) is 0 Å². The van der Waals surface area contributed by atoms with Crippen molar-refractivity contribution in [2.45, 2.75) is 44.9 Å². The lowest BCUT2D eigenvalue weighted by atomic mass is 10.0. The molecule has 3 aromatic rings. The Labute approximate surface area is 205 Å². The van der Waals surface area contributed by atoms with Crippen LogP contribution in [-0.4, -0.2) is 45.7 Å². The Morgan fingerprint density at radius 3 is 2.65 bits per heavy atom. The highest BCUT2D eigenvalue weighted by Crippen LogP contribution is 2.28. The van der Waals surface area contributed by atoms with Crippen molar-refractivity contribution in [3.63, 3.8) is 0 Å². The van der Waals surface area contributed by atoms with Crippen LogP contribution in [0.15, 0.2) is 42.6 Å². The molecule has 1 aromatic heterocycles. The lowest BCUT2D eigenvalue weighted by Gasteiger charge is -2.24. The summed E-state index contributed by atoms with van der Waals surface area (Å²) in [5, 5.41) is 1.07. The van der Waals surface area contributed by atoms with Crippen molar-refractivity contribution in [1.82, 2.24) is 9.47 Å². The normalized spacial score (nSPS) is 18.0. The van der Waals surface area contributed by atoms with Gasteiger partial charge in [-0.3, -0.25) is 14.4 Å². The van der Waals surface area contributed by atoms with Gasteiger partial charge in [0.2, 0.25) is 5.91 Å². The molecular formula is C25H22Cl2F2N2O3. The number of amides is 1. The van der Waals surface area contributed by atoms with Crippen molar-refractivity contribution in [3.8, 4) is 0 Å². The fraction of sp³-hybridized carbons (Fsp3) is 0.320. The van der Waals surface area contributed by atoms with Gasteiger partial charge in [-0.25, -0.2) is 8.78 Å². The van der Waals surface area contributed by atoms with E-state index in [1.165, 1.54) is 17.9 Å². The minimum absolute atomic E-state index is 0.0320. The lowest BCUT2D eigenvalue weighted by Crippen LogP contribution is -2.42. The summed E-state index contributed by atoms with van der Waals surface area (Å²) >= 11 is 11.9. The zero-order valence-electron chi connectivity index (χ0n) is 18.4. The number of ketones is 2. The fourth-order valence-corrected chi connectivity index (χ4v) is 4.81. The highest BCUT2D eigenvalue weighted by atomic mass is 35.5. The Morgan fingerprint density at radius 2 is 1.91 bits per heavy atom. The van der Waals surface area contributed by atoms with Gasteiger partial charge in [-0.1, -0.05) is 41.4 Å². The van der Waals surface area contributed by atoms with E-state index in [9.17, 15) is 23.2 Å². The van der Waals surface area contributed by atoms with Crippen molar-refractivity contribution in [2.75, 3.05) is 6.54 Å². The van der Waals surface area contributed by atoms with E-state index in [-0.39, 0.29) is 48.9 Å². The number of likely N-dealkylation sites (tertiary alicyclic amines) is 1. The molecule has 9 heteroatoms. The van der Waals surface area contributed by atoms with E-state index >= 15 is 0 Å². The first-order valence-corrected chi connectivity index (χ1v) is 11.6. The quantitative estimate of drug-likeness (QED) is 0.401. The zero-order valence-corrected chi connectivity index (χ0v) is 19.9. The average Bonchev–Trinajstić information content (AvgIpc) is 3.35. The summed E-state index contributed by atoms with van der Waals surface area (Å²) in [7, 11) is 0. The number of nitrogens with zero attached hydrogens (tertiary/aromatic N) is 2. The number of rotatable bonds is 7. The average molecular weight is 507 g/mol. The molecule has 1 aliphatic rings. The third kappa shape index (κ3) is 4.86. The fourth-order valence-electron chi connectivity index (χ4n) is 4.44. The maximum Gasteiger partial charge on any atom is 0.243 e. The standard InChI is InChI=1S/C25H22Cl2F2N2O3/c1-14(32)19-12-30(21-9-16(26)6-7-18(19)21)13-24(34)31-11-17(28)10-22(31)23(33)8-5-15-3-2-4-20(27)25(15)29/h2-4,6-7,9,12,17,22H,5,8,10-11,13H2,1H3/t17-,22+/m1/s1. The van der Waals surface area contributed by atoms with Crippen LogP contribution in [0, 0.1) is 5.82 Å². The van der Waals surface area contributed by atoms with Gasteiger partial charge in [0.25, 0.3) is 0 Å². The maximum atomic E-state index is 14.3. The molecule has 2 aromatic carbocycles. The molecule has 0 radical (unpaired) electrons. The van der Waals surface area contributed by atoms with Crippen molar-refractivity contribution >= 4 is 51.6 Å². The summed E-state index contributed by atoms with van der Waals surface area (Å²) in [5.74, 6) is -1.53. The predicted octanol–water partition coefficient (Wildman–Crippen LogP) is 5.43. The number of aromatic nitrogens is 1. The van der Waals surface area contributed by atoms with Crippen LogP contribution in [0.2, 0.25) is 10.0 Å². The van der Waals surface area contributed by atoms with Crippen molar-refractivity contribution in [2.24, 2.45) is 0 Å². The molecule has 0 unspecified atom stereocenters. The molecule has 0 aliphatic carbocycles. The third-order valence-corrected chi connectivity index (χ3v) is 6.67. The molecule has 1 amide bonds. The van der Waals surface area contributed by atoms with Gasteiger partial charge in [-0.2, -0.15) is 0 Å². The molecule has 178 valence electrons. The molecule has 2 heterocycles. The van der Waals surface area contributed by atoms with Crippen LogP contribution in [0.1, 0.15) is 35.7 Å². The van der Waals surface area contributed by atoms with Crippen molar-refractivity contribution in [3.05, 3.63) is 69.6 Å². The van der Waals surface area contributed by atoms with Gasteiger partial charge in [-0.05, 0) is 37.1 Å². The molecule has 0 saturated carbocycles. The first-order valence-electron chi connectivity index (χ1n) is 10.8. The summed E-state index contributed by atoms with van der Waals surface area (Å²) in [6.45, 7) is 1.06. The van der Waals surface area contributed by atoms with E-state index in [1.807, 2.05) is 0 Å². The zero-order chi connectivity index (χ0) is 24.6. The largest absolute Gasteiger partial charge is 0.337 e. The Balaban J connectivity index is 1.52. The number of alkyl halides is 1. The molecule has 0 bridgehead atoms. The molecule has 0 spiro atoms. The summed E-state index contributed by atoms with van der Waals surface area (Å²) in [4.78, 5) is 39.3. The van der Waals surface area contributed by atoms with Crippen LogP contribution in [0.3, 0.4) is 0 Å². The minimum Gasteiger partial charge on any atom is -0.337 e. The van der Waals surface area contributed by atoms with E-state index in [1.54, 1.807) is 41.1 Å². The highest BCUT2D eigenvalue weighted by Gasteiger charge is 2.39. The van der Waals surface area contributed by atoms with Crippen LogP contribution in [0.5, 0.6) is 0 Å². The van der Waals surface area contributed by atoms with Gasteiger partial charge < -0.3 is 9.47 Å². The van der Waals surface area contributed by atoms with Gasteiger partial charge >= 0.3 is 0 Å². The Morgan fingerprint density at radius 1 is 1.15 bits per heavy atom. The summed E-state index contributed by atoms with van der Waals surface area (Å²) < 4.78 is 30.0. The van der Waals surface area contributed by atoms with Gasteiger partial charge in [0.15, 0.2) is 11.6 Å². The van der Waals surface area contributed by atoms with Crippen molar-refractivity contribution in [1.29, 1.82) is 0 Å². The highest BCUT2D eigenvalue weighted by molar-refractivity contribution is 6.31. The van der Waals surface area contributed by atoms with E-state index in [2.05, 4.69) is 0 Å². The SMILES string of the molecule is CC(=O)c1cn(CC(=O)N2C[C@H](F)C[C@H]2C(=O)CCc2cccc(Cl)c2F)c2cc(Cl)ccc12. The molecule has 0 N–H and O–H groups in total. The second-order valence-corrected chi connectivity index (χ2v) is 9.31. The monoisotopic (exact) mass is 506 g/mol. The Bertz CT molecular complexity index is 1290. The maximum absolute atomic E-state index is 14.3. The van der Waals surface area contributed by atoms with Gasteiger partial charge in [0.1, 0.15) is 18.5 Å². The molecule has 2 atom stereocenters. The van der Waals surface area contributed by atoms with Crippen LogP contribution >= 0.6 is 23.2 Å². The number of halogens is 4. The number of fused-ring (bicyclic) bond motifs is 1. The molecule has 5 nitrogen and oxygen atoms in total. The number of benzene rings is 2. The second kappa shape index (κ2) is 9.84. The van der Waals surface area contributed by atoms with E-state index in [0.717, 1.165) is 0 Å². The van der Waals surface area contributed by atoms with Crippen molar-refractivity contribution < 1.29 is 23.2 Å². The predicted molar refractivity (Wildman–Crippen MR) is 127 cm³/mol. The van der Waals surface area contributed by atoms with Gasteiger partial charge in [0.05, 0.1) is 23.1 Å². The Hall–Kier alpha value is -2.77. The Kier molecular flexibility index (Phi) is 7.05. The van der Waals surface area contributed by atoms with Crippen LogP contribution < -0.4 is 0 Å². The first-order chi connectivity index (χ1) is 16.2. The number of carbonyl (C=O) groups excluding carboxylic acids is 3. The number of carbonyl (C=O) groups is 3. The third-order valence-electron chi connectivity index (χ3n) is 6.14. The molecule has 1 saturated heterocycles. The van der Waals surface area contributed by atoms with Crippen LogP contribution in [-0.2, 0) is 22.6 Å². The summed E-state index contributed by atoms with van der Waals surface area (Å²) in [6, 6.07) is 8.65. The number of aryl methyl sites for hydroxylation is 1. The number of hydrogen-bond acceptors (Lipinski definition) is 3. The van der Waals surface area contributed by atoms with Crippen LogP contribution in [0.4, 0.5) is 8.78 Å².